The largest absolute Gasteiger partial charge is 0.461 e. The van der Waals surface area contributed by atoms with Gasteiger partial charge in [0.1, 0.15) is 22.7 Å². The number of furan rings is 2. The minimum Gasteiger partial charge on any atom is -0.461 e. The van der Waals surface area contributed by atoms with Crippen LogP contribution in [0.4, 0.5) is 0 Å². The Hall–Kier alpha value is -3.50. The molecule has 2 aromatic heterocycles. The number of hydrogen-bond acceptors (Lipinski definition) is 4. The first-order chi connectivity index (χ1) is 11.7. The molecule has 4 rings (SSSR count). The van der Waals surface area contributed by atoms with Crippen molar-refractivity contribution in [1.29, 1.82) is 10.5 Å². The molecule has 24 heavy (non-hydrogen) atoms. The zero-order chi connectivity index (χ0) is 16.5. The number of rotatable bonds is 3. The molecule has 2 heterocycles. The smallest absolute Gasteiger partial charge is 0.135 e. The highest BCUT2D eigenvalue weighted by atomic mass is 16.3. The molecule has 0 atom stereocenters. The first-order valence-electron chi connectivity index (χ1n) is 7.60. The second-order valence-electron chi connectivity index (χ2n) is 5.65. The molecule has 0 N–H and O–H groups in total. The zero-order valence-electron chi connectivity index (χ0n) is 12.7. The second kappa shape index (κ2) is 5.61. The predicted octanol–water partition coefficient (Wildman–Crippen LogP) is 4.71. The zero-order valence-corrected chi connectivity index (χ0v) is 12.7. The molecule has 0 amide bonds. The van der Waals surface area contributed by atoms with E-state index in [1.165, 1.54) is 0 Å². The quantitative estimate of drug-likeness (QED) is 0.549. The third-order valence-electron chi connectivity index (χ3n) is 4.02. The Morgan fingerprint density at radius 1 is 0.667 bits per heavy atom. The number of nitriles is 2. The summed E-state index contributed by atoms with van der Waals surface area (Å²) in [6.45, 7) is 0. The highest BCUT2D eigenvalue weighted by Crippen LogP contribution is 2.24. The van der Waals surface area contributed by atoms with E-state index in [2.05, 4.69) is 12.1 Å². The van der Waals surface area contributed by atoms with Gasteiger partial charge >= 0.3 is 0 Å². The van der Waals surface area contributed by atoms with Gasteiger partial charge in [-0.25, -0.2) is 0 Å². The van der Waals surface area contributed by atoms with Gasteiger partial charge in [-0.1, -0.05) is 0 Å². The van der Waals surface area contributed by atoms with Gasteiger partial charge in [-0.15, -0.1) is 0 Å². The standard InChI is InChI=1S/C20H12N2O2/c21-11-13-1-3-15-9-17(23-19(15)7-13)5-6-18-10-16-4-2-14(12-22)8-20(16)24-18/h1-4,7-10H,5-6H2. The topological polar surface area (TPSA) is 73.9 Å². The fourth-order valence-electron chi connectivity index (χ4n) is 2.80. The summed E-state index contributed by atoms with van der Waals surface area (Å²) in [4.78, 5) is 0. The van der Waals surface area contributed by atoms with Gasteiger partial charge in [0.2, 0.25) is 0 Å². The molecule has 4 heteroatoms. The minimum absolute atomic E-state index is 0.592. The Labute approximate surface area is 138 Å². The number of hydrogen-bond donors (Lipinski definition) is 0. The van der Waals surface area contributed by atoms with E-state index in [1.54, 1.807) is 24.3 Å². The summed E-state index contributed by atoms with van der Waals surface area (Å²) < 4.78 is 11.6. The average Bonchev–Trinajstić information content (AvgIpc) is 3.21. The Balaban J connectivity index is 1.56. The van der Waals surface area contributed by atoms with Crippen LogP contribution in [-0.2, 0) is 12.8 Å². The van der Waals surface area contributed by atoms with Gasteiger partial charge in [0, 0.05) is 23.6 Å². The molecular formula is C20H12N2O2. The third kappa shape index (κ3) is 2.51. The molecule has 2 aromatic carbocycles. The fourth-order valence-corrected chi connectivity index (χ4v) is 2.80. The van der Waals surface area contributed by atoms with Crippen LogP contribution in [0.1, 0.15) is 22.6 Å². The van der Waals surface area contributed by atoms with Gasteiger partial charge in [0.25, 0.3) is 0 Å². The maximum absolute atomic E-state index is 8.94. The van der Waals surface area contributed by atoms with Crippen molar-refractivity contribution in [2.45, 2.75) is 12.8 Å². The maximum atomic E-state index is 8.94. The van der Waals surface area contributed by atoms with Gasteiger partial charge in [-0.2, -0.15) is 10.5 Å². The fraction of sp³-hybridized carbons (Fsp3) is 0.100. The minimum atomic E-state index is 0.592. The van der Waals surface area contributed by atoms with Crippen LogP contribution in [0.2, 0.25) is 0 Å². The normalized spacial score (nSPS) is 10.8. The lowest BCUT2D eigenvalue weighted by Gasteiger charge is -1.93. The average molecular weight is 312 g/mol. The van der Waals surface area contributed by atoms with Crippen molar-refractivity contribution in [3.63, 3.8) is 0 Å². The first-order valence-corrected chi connectivity index (χ1v) is 7.60. The van der Waals surface area contributed by atoms with E-state index in [0.29, 0.717) is 24.0 Å². The van der Waals surface area contributed by atoms with Crippen LogP contribution in [-0.4, -0.2) is 0 Å². The molecule has 0 unspecified atom stereocenters. The van der Waals surface area contributed by atoms with Crippen molar-refractivity contribution in [2.75, 3.05) is 0 Å². The molecular weight excluding hydrogens is 300 g/mol. The molecule has 0 radical (unpaired) electrons. The Morgan fingerprint density at radius 3 is 1.54 bits per heavy atom. The summed E-state index contributed by atoms with van der Waals surface area (Å²) in [5.74, 6) is 1.72. The van der Waals surface area contributed by atoms with Crippen molar-refractivity contribution in [1.82, 2.24) is 0 Å². The van der Waals surface area contributed by atoms with Crippen LogP contribution >= 0.6 is 0 Å². The highest BCUT2D eigenvalue weighted by Gasteiger charge is 2.08. The van der Waals surface area contributed by atoms with E-state index < -0.39 is 0 Å². The van der Waals surface area contributed by atoms with E-state index in [9.17, 15) is 0 Å². The molecule has 0 aliphatic carbocycles. The number of aryl methyl sites for hydroxylation is 2. The van der Waals surface area contributed by atoms with Crippen molar-refractivity contribution >= 4 is 21.9 Å². The van der Waals surface area contributed by atoms with E-state index >= 15 is 0 Å². The number of benzene rings is 2. The maximum Gasteiger partial charge on any atom is 0.135 e. The lowest BCUT2D eigenvalue weighted by Crippen LogP contribution is -1.86. The number of nitrogens with zero attached hydrogens (tertiary/aromatic N) is 2. The lowest BCUT2D eigenvalue weighted by molar-refractivity contribution is 0.510. The van der Waals surface area contributed by atoms with Gasteiger partial charge in [-0.05, 0) is 48.5 Å². The molecule has 0 aliphatic heterocycles. The van der Waals surface area contributed by atoms with Crippen molar-refractivity contribution < 1.29 is 8.83 Å². The summed E-state index contributed by atoms with van der Waals surface area (Å²) in [5, 5.41) is 19.9. The second-order valence-corrected chi connectivity index (χ2v) is 5.65. The molecule has 114 valence electrons. The Morgan fingerprint density at radius 2 is 1.12 bits per heavy atom. The van der Waals surface area contributed by atoms with E-state index in [4.69, 9.17) is 19.4 Å². The van der Waals surface area contributed by atoms with Gasteiger partial charge in [-0.3, -0.25) is 0 Å². The molecule has 0 saturated heterocycles. The van der Waals surface area contributed by atoms with Crippen LogP contribution < -0.4 is 0 Å². The molecule has 0 aliphatic rings. The van der Waals surface area contributed by atoms with E-state index in [-0.39, 0.29) is 0 Å². The highest BCUT2D eigenvalue weighted by molar-refractivity contribution is 5.80. The molecule has 4 aromatic rings. The van der Waals surface area contributed by atoms with E-state index in [1.807, 2.05) is 24.3 Å². The lowest BCUT2D eigenvalue weighted by atomic mass is 10.1. The van der Waals surface area contributed by atoms with E-state index in [0.717, 1.165) is 33.5 Å². The Bertz CT molecular complexity index is 1040. The van der Waals surface area contributed by atoms with Crippen molar-refractivity contribution in [2.24, 2.45) is 0 Å². The summed E-state index contributed by atoms with van der Waals surface area (Å²) in [5.41, 5.74) is 2.64. The first kappa shape index (κ1) is 14.1. The summed E-state index contributed by atoms with van der Waals surface area (Å²) in [7, 11) is 0. The van der Waals surface area contributed by atoms with Crippen LogP contribution in [0.15, 0.2) is 57.4 Å². The molecule has 0 saturated carbocycles. The molecule has 0 fully saturated rings. The van der Waals surface area contributed by atoms with Crippen LogP contribution in [0, 0.1) is 22.7 Å². The van der Waals surface area contributed by atoms with Gasteiger partial charge < -0.3 is 8.83 Å². The summed E-state index contributed by atoms with van der Waals surface area (Å²) in [6, 6.07) is 19.1. The molecule has 4 nitrogen and oxygen atoms in total. The molecule has 0 bridgehead atoms. The third-order valence-corrected chi connectivity index (χ3v) is 4.02. The Kier molecular flexibility index (Phi) is 3.30. The summed E-state index contributed by atoms with van der Waals surface area (Å²) >= 11 is 0. The van der Waals surface area contributed by atoms with Crippen molar-refractivity contribution in [3.8, 4) is 12.1 Å². The monoisotopic (exact) mass is 312 g/mol. The predicted molar refractivity (Wildman–Crippen MR) is 89.3 cm³/mol. The van der Waals surface area contributed by atoms with Crippen molar-refractivity contribution in [3.05, 3.63) is 71.2 Å². The number of fused-ring (bicyclic) bond motifs is 2. The van der Waals surface area contributed by atoms with Gasteiger partial charge in [0.05, 0.1) is 23.3 Å². The van der Waals surface area contributed by atoms with Crippen LogP contribution in [0.25, 0.3) is 21.9 Å². The SMILES string of the molecule is N#Cc1ccc2cc(CCc3cc4ccc(C#N)cc4o3)oc2c1. The van der Waals surface area contributed by atoms with Gasteiger partial charge in [0.15, 0.2) is 0 Å². The van der Waals surface area contributed by atoms with Crippen LogP contribution in [0.3, 0.4) is 0 Å². The summed E-state index contributed by atoms with van der Waals surface area (Å²) in [6.07, 6.45) is 1.42. The van der Waals surface area contributed by atoms with Crippen LogP contribution in [0.5, 0.6) is 0 Å². The molecule has 0 spiro atoms.